The fraction of sp³-hybridized carbons (Fsp3) is 0.250. The molecule has 1 heterocycles. The average Bonchev–Trinajstić information content (AvgIpc) is 2.72. The van der Waals surface area contributed by atoms with Gasteiger partial charge in [-0.2, -0.15) is 0 Å². The van der Waals surface area contributed by atoms with E-state index in [-0.39, 0.29) is 6.42 Å². The van der Waals surface area contributed by atoms with Crippen molar-refractivity contribution < 1.29 is 14.3 Å². The average molecular weight is 311 g/mol. The summed E-state index contributed by atoms with van der Waals surface area (Å²) in [6.07, 6.45) is -0.0852. The van der Waals surface area contributed by atoms with Crippen LogP contribution in [0.15, 0.2) is 33.2 Å². The molecule has 1 aromatic heterocycles. The lowest BCUT2D eigenvalue weighted by Gasteiger charge is -2.11. The number of rotatable bonds is 4. The Morgan fingerprint density at radius 3 is 2.83 bits per heavy atom. The van der Waals surface area contributed by atoms with Gasteiger partial charge in [-0.1, -0.05) is 28.1 Å². The molecule has 18 heavy (non-hydrogen) atoms. The molecule has 2 aromatic rings. The van der Waals surface area contributed by atoms with Gasteiger partial charge in [-0.05, 0) is 17.7 Å². The molecule has 1 aromatic carbocycles. The van der Waals surface area contributed by atoms with Crippen LogP contribution in [0.4, 0.5) is 0 Å². The third kappa shape index (κ3) is 2.95. The molecule has 0 bridgehead atoms. The molecule has 1 unspecified atom stereocenters. The Morgan fingerprint density at radius 2 is 2.28 bits per heavy atom. The Hall–Kier alpha value is -1.69. The number of benzene rings is 1. The number of halogens is 1. The molecule has 6 heteroatoms. The molecule has 0 saturated heterocycles. The number of aryl methyl sites for hydroxylation is 1. The topological polar surface area (TPSA) is 76.2 Å². The smallest absolute Gasteiger partial charge is 0.304 e. The van der Waals surface area contributed by atoms with Crippen LogP contribution in [-0.2, 0) is 4.79 Å². The molecule has 0 spiro atoms. The zero-order chi connectivity index (χ0) is 13.1. The molecule has 0 saturated carbocycles. The Kier molecular flexibility index (Phi) is 3.76. The second-order valence-electron chi connectivity index (χ2n) is 3.86. The summed E-state index contributed by atoms with van der Waals surface area (Å²) >= 11 is 3.36. The first kappa shape index (κ1) is 12.8. The largest absolute Gasteiger partial charge is 0.481 e. The van der Waals surface area contributed by atoms with Crippen molar-refractivity contribution in [3.63, 3.8) is 0 Å². The summed E-state index contributed by atoms with van der Waals surface area (Å²) in [6, 6.07) is 7.42. The molecule has 5 nitrogen and oxygen atoms in total. The summed E-state index contributed by atoms with van der Waals surface area (Å²) in [5.41, 5.74) is 0.829. The maximum absolute atomic E-state index is 10.9. The number of nitrogens with zero attached hydrogens (tertiary/aromatic N) is 2. The van der Waals surface area contributed by atoms with Crippen molar-refractivity contribution in [2.24, 2.45) is 0 Å². The van der Waals surface area contributed by atoms with Crippen LogP contribution in [-0.4, -0.2) is 21.3 Å². The lowest BCUT2D eigenvalue weighted by Crippen LogP contribution is -2.08. The molecule has 94 valence electrons. The monoisotopic (exact) mass is 310 g/mol. The lowest BCUT2D eigenvalue weighted by atomic mass is 9.96. The Balaban J connectivity index is 2.39. The summed E-state index contributed by atoms with van der Waals surface area (Å²) in [7, 11) is 0. The van der Waals surface area contributed by atoms with Crippen LogP contribution < -0.4 is 0 Å². The first-order chi connectivity index (χ1) is 8.56. The fourth-order valence-corrected chi connectivity index (χ4v) is 2.12. The minimum atomic E-state index is -0.907. The normalized spacial score (nSPS) is 12.3. The zero-order valence-corrected chi connectivity index (χ0v) is 11.2. The van der Waals surface area contributed by atoms with Crippen molar-refractivity contribution in [2.45, 2.75) is 19.3 Å². The van der Waals surface area contributed by atoms with Crippen molar-refractivity contribution >= 4 is 21.9 Å². The summed E-state index contributed by atoms with van der Waals surface area (Å²) in [4.78, 5) is 10.9. The van der Waals surface area contributed by atoms with E-state index in [2.05, 4.69) is 26.1 Å². The van der Waals surface area contributed by atoms with Crippen LogP contribution in [0.5, 0.6) is 0 Å². The first-order valence-corrected chi connectivity index (χ1v) is 6.13. The van der Waals surface area contributed by atoms with E-state index in [0.717, 1.165) is 10.0 Å². The molecule has 0 fully saturated rings. The van der Waals surface area contributed by atoms with E-state index in [1.807, 2.05) is 24.3 Å². The number of carbonyl (C=O) groups is 1. The van der Waals surface area contributed by atoms with Gasteiger partial charge in [-0.3, -0.25) is 4.79 Å². The quantitative estimate of drug-likeness (QED) is 0.939. The zero-order valence-electron chi connectivity index (χ0n) is 9.63. The van der Waals surface area contributed by atoms with Crippen LogP contribution in [0, 0.1) is 6.92 Å². The Bertz CT molecular complexity index is 568. The van der Waals surface area contributed by atoms with Crippen molar-refractivity contribution in [1.82, 2.24) is 10.2 Å². The molecule has 0 aliphatic heterocycles. The second-order valence-corrected chi connectivity index (χ2v) is 4.78. The Labute approximate surface area is 112 Å². The lowest BCUT2D eigenvalue weighted by molar-refractivity contribution is -0.137. The predicted molar refractivity (Wildman–Crippen MR) is 67.3 cm³/mol. The van der Waals surface area contributed by atoms with Gasteiger partial charge in [0.2, 0.25) is 11.8 Å². The highest BCUT2D eigenvalue weighted by Crippen LogP contribution is 2.28. The number of hydrogen-bond donors (Lipinski definition) is 1. The van der Waals surface area contributed by atoms with E-state index in [0.29, 0.717) is 11.8 Å². The van der Waals surface area contributed by atoms with E-state index < -0.39 is 11.9 Å². The molecule has 1 N–H and O–H groups in total. The molecule has 0 amide bonds. The molecule has 2 rings (SSSR count). The SMILES string of the molecule is Cc1nnc(C(CC(=O)O)c2cccc(Br)c2)o1. The van der Waals surface area contributed by atoms with Gasteiger partial charge < -0.3 is 9.52 Å². The fourth-order valence-electron chi connectivity index (χ4n) is 1.70. The highest BCUT2D eigenvalue weighted by Gasteiger charge is 2.23. The summed E-state index contributed by atoms with van der Waals surface area (Å²) in [5.74, 6) is -0.583. The standard InChI is InChI=1S/C12H11BrN2O3/c1-7-14-15-12(18-7)10(6-11(16)17)8-3-2-4-9(13)5-8/h2-5,10H,6H2,1H3,(H,16,17). The number of aromatic nitrogens is 2. The Morgan fingerprint density at radius 1 is 1.50 bits per heavy atom. The van der Waals surface area contributed by atoms with Gasteiger partial charge in [-0.25, -0.2) is 0 Å². The number of carboxylic acids is 1. The molecule has 0 aliphatic rings. The number of carboxylic acid groups (broad SMARTS) is 1. The van der Waals surface area contributed by atoms with Gasteiger partial charge in [0.05, 0.1) is 12.3 Å². The number of aliphatic carboxylic acids is 1. The van der Waals surface area contributed by atoms with E-state index in [9.17, 15) is 4.79 Å². The van der Waals surface area contributed by atoms with Gasteiger partial charge >= 0.3 is 5.97 Å². The minimum absolute atomic E-state index is 0.0852. The van der Waals surface area contributed by atoms with Crippen LogP contribution >= 0.6 is 15.9 Å². The van der Waals surface area contributed by atoms with Crippen LogP contribution in [0.25, 0.3) is 0 Å². The van der Waals surface area contributed by atoms with Gasteiger partial charge in [-0.15, -0.1) is 10.2 Å². The van der Waals surface area contributed by atoms with Gasteiger partial charge in [0.1, 0.15) is 0 Å². The maximum Gasteiger partial charge on any atom is 0.304 e. The summed E-state index contributed by atoms with van der Waals surface area (Å²) < 4.78 is 6.22. The summed E-state index contributed by atoms with van der Waals surface area (Å²) in [5, 5.41) is 16.6. The minimum Gasteiger partial charge on any atom is -0.481 e. The van der Waals surface area contributed by atoms with Gasteiger partial charge in [0.25, 0.3) is 0 Å². The molecule has 1 atom stereocenters. The second kappa shape index (κ2) is 5.30. The van der Waals surface area contributed by atoms with Crippen molar-refractivity contribution in [2.75, 3.05) is 0 Å². The highest BCUT2D eigenvalue weighted by atomic mass is 79.9. The first-order valence-electron chi connectivity index (χ1n) is 5.33. The maximum atomic E-state index is 10.9. The van der Waals surface area contributed by atoms with Gasteiger partial charge in [0, 0.05) is 11.4 Å². The van der Waals surface area contributed by atoms with Gasteiger partial charge in [0.15, 0.2) is 0 Å². The van der Waals surface area contributed by atoms with Crippen molar-refractivity contribution in [3.8, 4) is 0 Å². The molecule has 0 radical (unpaired) electrons. The van der Waals surface area contributed by atoms with E-state index in [4.69, 9.17) is 9.52 Å². The van der Waals surface area contributed by atoms with Crippen LogP contribution in [0.3, 0.4) is 0 Å². The molecular formula is C12H11BrN2O3. The van der Waals surface area contributed by atoms with Crippen molar-refractivity contribution in [3.05, 3.63) is 46.1 Å². The van der Waals surface area contributed by atoms with Crippen molar-refractivity contribution in [1.29, 1.82) is 0 Å². The van der Waals surface area contributed by atoms with E-state index in [1.165, 1.54) is 0 Å². The van der Waals surface area contributed by atoms with E-state index >= 15 is 0 Å². The third-order valence-corrected chi connectivity index (χ3v) is 2.96. The number of hydrogen-bond acceptors (Lipinski definition) is 4. The third-order valence-electron chi connectivity index (χ3n) is 2.47. The summed E-state index contributed by atoms with van der Waals surface area (Å²) in [6.45, 7) is 1.68. The highest BCUT2D eigenvalue weighted by molar-refractivity contribution is 9.10. The molecule has 0 aliphatic carbocycles. The van der Waals surface area contributed by atoms with Crippen LogP contribution in [0.1, 0.15) is 29.7 Å². The van der Waals surface area contributed by atoms with Crippen LogP contribution in [0.2, 0.25) is 0 Å². The predicted octanol–water partition coefficient (Wildman–Crippen LogP) is 2.75. The van der Waals surface area contributed by atoms with E-state index in [1.54, 1.807) is 6.92 Å². The molecular weight excluding hydrogens is 300 g/mol.